The molecule has 0 atom stereocenters. The number of aromatic amines is 1. The summed E-state index contributed by atoms with van der Waals surface area (Å²) in [5.41, 5.74) is 7.45. The highest BCUT2D eigenvalue weighted by Crippen LogP contribution is 2.34. The molecule has 0 saturated heterocycles. The molecule has 0 bridgehead atoms. The number of aryl methyl sites for hydroxylation is 1. The number of anilines is 1. The highest BCUT2D eigenvalue weighted by atomic mass is 16.3. The van der Waals surface area contributed by atoms with Crippen molar-refractivity contribution in [2.75, 3.05) is 5.73 Å². The zero-order chi connectivity index (χ0) is 11.7. The quantitative estimate of drug-likeness (QED) is 0.617. The number of benzene rings is 1. The van der Waals surface area contributed by atoms with Crippen LogP contribution in [0.2, 0.25) is 0 Å². The second-order valence-corrected chi connectivity index (χ2v) is 3.53. The first kappa shape index (κ1) is 10.4. The predicted octanol–water partition coefficient (Wildman–Crippen LogP) is 1.63. The van der Waals surface area contributed by atoms with Crippen molar-refractivity contribution in [3.05, 3.63) is 23.9 Å². The van der Waals surface area contributed by atoms with Gasteiger partial charge in [0.2, 0.25) is 0 Å². The standard InChI is InChI=1S/C11H13N3O2/c1-2-6-3-7(10(16)4-9(6)15)8-5-13-11(12)14-8/h3-5,15-16H,2H2,1H3,(H3,12,13,14). The van der Waals surface area contributed by atoms with Crippen LogP contribution in [-0.2, 0) is 6.42 Å². The third kappa shape index (κ3) is 1.67. The van der Waals surface area contributed by atoms with Gasteiger partial charge in [-0.05, 0) is 18.1 Å². The summed E-state index contributed by atoms with van der Waals surface area (Å²) in [6, 6.07) is 3.04. The van der Waals surface area contributed by atoms with Crippen LogP contribution in [0.15, 0.2) is 18.3 Å². The molecule has 16 heavy (non-hydrogen) atoms. The zero-order valence-corrected chi connectivity index (χ0v) is 8.86. The smallest absolute Gasteiger partial charge is 0.197 e. The third-order valence-corrected chi connectivity index (χ3v) is 2.46. The molecule has 5 N–H and O–H groups in total. The average Bonchev–Trinajstić information content (AvgIpc) is 2.65. The Kier molecular flexibility index (Phi) is 2.44. The summed E-state index contributed by atoms with van der Waals surface area (Å²) < 4.78 is 0. The monoisotopic (exact) mass is 219 g/mol. The van der Waals surface area contributed by atoms with Gasteiger partial charge in [0, 0.05) is 11.6 Å². The molecule has 84 valence electrons. The van der Waals surface area contributed by atoms with Gasteiger partial charge in [0.05, 0.1) is 11.9 Å². The molecule has 5 heteroatoms. The second-order valence-electron chi connectivity index (χ2n) is 3.53. The highest BCUT2D eigenvalue weighted by molar-refractivity contribution is 5.70. The van der Waals surface area contributed by atoms with Gasteiger partial charge in [-0.1, -0.05) is 6.92 Å². The molecule has 1 aromatic heterocycles. The third-order valence-electron chi connectivity index (χ3n) is 2.46. The minimum absolute atomic E-state index is 0.00153. The van der Waals surface area contributed by atoms with Crippen LogP contribution in [0.25, 0.3) is 11.3 Å². The molecule has 5 nitrogen and oxygen atoms in total. The summed E-state index contributed by atoms with van der Waals surface area (Å²) in [4.78, 5) is 6.69. The zero-order valence-electron chi connectivity index (χ0n) is 8.86. The molecule has 1 heterocycles. The highest BCUT2D eigenvalue weighted by Gasteiger charge is 2.11. The van der Waals surface area contributed by atoms with E-state index >= 15 is 0 Å². The summed E-state index contributed by atoms with van der Waals surface area (Å²) >= 11 is 0. The lowest BCUT2D eigenvalue weighted by Gasteiger charge is -2.07. The normalized spacial score (nSPS) is 10.6. The van der Waals surface area contributed by atoms with Gasteiger partial charge >= 0.3 is 0 Å². The van der Waals surface area contributed by atoms with Crippen LogP contribution in [0.1, 0.15) is 12.5 Å². The Hall–Kier alpha value is -2.17. The number of hydrogen-bond acceptors (Lipinski definition) is 4. The molecule has 2 rings (SSSR count). The predicted molar refractivity (Wildman–Crippen MR) is 61.1 cm³/mol. The first-order valence-corrected chi connectivity index (χ1v) is 4.97. The second kappa shape index (κ2) is 3.77. The fourth-order valence-electron chi connectivity index (χ4n) is 1.59. The summed E-state index contributed by atoms with van der Waals surface area (Å²) in [6.45, 7) is 1.93. The molecular weight excluding hydrogens is 206 g/mol. The Morgan fingerprint density at radius 3 is 2.62 bits per heavy atom. The maximum Gasteiger partial charge on any atom is 0.197 e. The van der Waals surface area contributed by atoms with Gasteiger partial charge in [-0.15, -0.1) is 0 Å². The Bertz CT molecular complexity index is 520. The van der Waals surface area contributed by atoms with E-state index in [0.29, 0.717) is 23.6 Å². The molecule has 1 aromatic carbocycles. The van der Waals surface area contributed by atoms with Crippen molar-refractivity contribution in [2.45, 2.75) is 13.3 Å². The SMILES string of the molecule is CCc1cc(-c2cnc(N)[nH]2)c(O)cc1O. The Morgan fingerprint density at radius 2 is 2.06 bits per heavy atom. The van der Waals surface area contributed by atoms with E-state index in [9.17, 15) is 10.2 Å². The number of nitrogens with zero attached hydrogens (tertiary/aromatic N) is 1. The van der Waals surface area contributed by atoms with Crippen molar-refractivity contribution >= 4 is 5.95 Å². The molecule has 2 aromatic rings. The van der Waals surface area contributed by atoms with Crippen LogP contribution in [0.3, 0.4) is 0 Å². The number of aromatic hydroxyl groups is 2. The van der Waals surface area contributed by atoms with Gasteiger partial charge < -0.3 is 20.9 Å². The van der Waals surface area contributed by atoms with Crippen LogP contribution >= 0.6 is 0 Å². The molecular formula is C11H13N3O2. The number of H-pyrrole nitrogens is 1. The van der Waals surface area contributed by atoms with Crippen LogP contribution in [0.4, 0.5) is 5.95 Å². The van der Waals surface area contributed by atoms with E-state index in [-0.39, 0.29) is 11.5 Å². The average molecular weight is 219 g/mol. The van der Waals surface area contributed by atoms with Gasteiger partial charge in [-0.3, -0.25) is 0 Å². The number of rotatable bonds is 2. The lowest BCUT2D eigenvalue weighted by Crippen LogP contribution is -1.88. The van der Waals surface area contributed by atoms with E-state index in [2.05, 4.69) is 9.97 Å². The minimum Gasteiger partial charge on any atom is -0.508 e. The Morgan fingerprint density at radius 1 is 1.31 bits per heavy atom. The lowest BCUT2D eigenvalue weighted by molar-refractivity contribution is 0.447. The van der Waals surface area contributed by atoms with Crippen LogP contribution in [0, 0.1) is 0 Å². The molecule has 0 radical (unpaired) electrons. The summed E-state index contributed by atoms with van der Waals surface area (Å²) in [5, 5.41) is 19.3. The van der Waals surface area contributed by atoms with Gasteiger partial charge in [0.1, 0.15) is 11.5 Å². The van der Waals surface area contributed by atoms with Crippen molar-refractivity contribution in [1.29, 1.82) is 0 Å². The summed E-state index contributed by atoms with van der Waals surface area (Å²) in [5.74, 6) is 0.384. The van der Waals surface area contributed by atoms with Crippen molar-refractivity contribution in [3.63, 3.8) is 0 Å². The van der Waals surface area contributed by atoms with E-state index in [1.165, 1.54) is 6.07 Å². The number of nitrogen functional groups attached to an aromatic ring is 1. The maximum atomic E-state index is 9.73. The molecule has 0 saturated carbocycles. The molecule has 0 aliphatic rings. The maximum absolute atomic E-state index is 9.73. The molecule has 0 fully saturated rings. The lowest BCUT2D eigenvalue weighted by atomic mass is 10.0. The van der Waals surface area contributed by atoms with Crippen LogP contribution in [0.5, 0.6) is 11.5 Å². The number of nitrogens with one attached hydrogen (secondary N) is 1. The first-order chi connectivity index (χ1) is 7.61. The number of phenolic OH excluding ortho intramolecular Hbond substituents is 2. The van der Waals surface area contributed by atoms with E-state index in [1.807, 2.05) is 6.92 Å². The fourth-order valence-corrected chi connectivity index (χ4v) is 1.59. The van der Waals surface area contributed by atoms with Crippen molar-refractivity contribution in [3.8, 4) is 22.8 Å². The van der Waals surface area contributed by atoms with E-state index in [0.717, 1.165) is 5.56 Å². The van der Waals surface area contributed by atoms with E-state index in [4.69, 9.17) is 5.73 Å². The number of aromatic nitrogens is 2. The van der Waals surface area contributed by atoms with Gasteiger partial charge in [0.25, 0.3) is 0 Å². The van der Waals surface area contributed by atoms with E-state index < -0.39 is 0 Å². The number of hydrogen-bond donors (Lipinski definition) is 4. The van der Waals surface area contributed by atoms with Crippen LogP contribution in [-0.4, -0.2) is 20.2 Å². The number of nitrogens with two attached hydrogens (primary N) is 1. The van der Waals surface area contributed by atoms with Gasteiger partial charge in [-0.25, -0.2) is 4.98 Å². The van der Waals surface area contributed by atoms with Crippen molar-refractivity contribution < 1.29 is 10.2 Å². The Labute approximate surface area is 92.6 Å². The topological polar surface area (TPSA) is 95.2 Å². The molecule has 0 spiro atoms. The largest absolute Gasteiger partial charge is 0.508 e. The van der Waals surface area contributed by atoms with Gasteiger partial charge in [0.15, 0.2) is 5.95 Å². The summed E-state index contributed by atoms with van der Waals surface area (Å²) in [7, 11) is 0. The first-order valence-electron chi connectivity index (χ1n) is 4.97. The van der Waals surface area contributed by atoms with Crippen molar-refractivity contribution in [2.24, 2.45) is 0 Å². The molecule has 0 unspecified atom stereocenters. The summed E-state index contributed by atoms with van der Waals surface area (Å²) in [6.07, 6.45) is 2.23. The van der Waals surface area contributed by atoms with E-state index in [1.54, 1.807) is 12.3 Å². The fraction of sp³-hybridized carbons (Fsp3) is 0.182. The minimum atomic E-state index is -0.00153. The van der Waals surface area contributed by atoms with Gasteiger partial charge in [-0.2, -0.15) is 0 Å². The van der Waals surface area contributed by atoms with Crippen molar-refractivity contribution in [1.82, 2.24) is 9.97 Å². The molecule has 0 aliphatic heterocycles. The molecule has 0 aliphatic carbocycles. The number of imidazole rings is 1. The number of phenols is 2. The Balaban J connectivity index is 2.56. The van der Waals surface area contributed by atoms with Crippen LogP contribution < -0.4 is 5.73 Å². The molecule has 0 amide bonds.